The number of esters is 1. The minimum absolute atomic E-state index is 0.0816. The Kier molecular flexibility index (Phi) is 17.0. The number of rotatable bonds is 17. The molecule has 5 aromatic rings. The SMILES string of the molecule is C[C@H](C[C@@H](Cc1ccc(-c2ccccc2)cc1)NC(=O)N[C@H](C)C(=O)O)C(=O)O.C[C@H](C[C@H](N)Cc1ccc(-c2ccccc2)cc1)C(=O)OCc1ccccc1. The van der Waals surface area contributed by atoms with Crippen molar-refractivity contribution >= 4 is 23.9 Å². The van der Waals surface area contributed by atoms with E-state index >= 15 is 0 Å². The quantitative estimate of drug-likeness (QED) is 0.0591. The summed E-state index contributed by atoms with van der Waals surface area (Å²) < 4.78 is 5.41. The molecule has 10 heteroatoms. The summed E-state index contributed by atoms with van der Waals surface area (Å²) in [4.78, 5) is 46.5. The zero-order chi connectivity index (χ0) is 41.2. The third-order valence-electron chi connectivity index (χ3n) is 9.50. The van der Waals surface area contributed by atoms with Crippen LogP contribution < -0.4 is 16.4 Å². The Morgan fingerprint density at radius 3 is 1.47 bits per heavy atom. The first-order valence-corrected chi connectivity index (χ1v) is 19.2. The summed E-state index contributed by atoms with van der Waals surface area (Å²) in [5, 5.41) is 23.2. The number of carbonyl (C=O) groups excluding carboxylic acids is 2. The molecule has 0 bridgehead atoms. The van der Waals surface area contributed by atoms with Crippen LogP contribution in [0.5, 0.6) is 0 Å². The highest BCUT2D eigenvalue weighted by atomic mass is 16.5. The molecule has 0 aliphatic heterocycles. The van der Waals surface area contributed by atoms with Crippen LogP contribution >= 0.6 is 0 Å². The summed E-state index contributed by atoms with van der Waals surface area (Å²) in [6.07, 6.45) is 2.01. The molecule has 0 heterocycles. The number of aliphatic carboxylic acids is 2. The van der Waals surface area contributed by atoms with E-state index in [9.17, 15) is 24.3 Å². The predicted octanol–water partition coefficient (Wildman–Crippen LogP) is 8.14. The van der Waals surface area contributed by atoms with Crippen LogP contribution in [0.1, 0.15) is 50.3 Å². The molecule has 57 heavy (non-hydrogen) atoms. The fraction of sp³-hybridized carbons (Fsp3) is 0.277. The first kappa shape index (κ1) is 43.5. The number of benzene rings is 5. The van der Waals surface area contributed by atoms with Gasteiger partial charge >= 0.3 is 23.9 Å². The van der Waals surface area contributed by atoms with Gasteiger partial charge in [0.1, 0.15) is 12.6 Å². The fourth-order valence-electron chi connectivity index (χ4n) is 6.23. The van der Waals surface area contributed by atoms with Gasteiger partial charge in [0.15, 0.2) is 0 Å². The maximum Gasteiger partial charge on any atom is 0.325 e. The van der Waals surface area contributed by atoms with Crippen LogP contribution in [0.15, 0.2) is 140 Å². The second-order valence-electron chi connectivity index (χ2n) is 14.4. The summed E-state index contributed by atoms with van der Waals surface area (Å²) in [7, 11) is 0. The molecule has 0 unspecified atom stereocenters. The molecule has 0 saturated heterocycles. The zero-order valence-electron chi connectivity index (χ0n) is 32.7. The average Bonchev–Trinajstić information content (AvgIpc) is 3.21. The van der Waals surface area contributed by atoms with Crippen molar-refractivity contribution in [1.29, 1.82) is 0 Å². The molecule has 298 valence electrons. The molecule has 0 aliphatic rings. The maximum absolute atomic E-state index is 12.2. The molecule has 5 aromatic carbocycles. The van der Waals surface area contributed by atoms with Crippen molar-refractivity contribution in [3.05, 3.63) is 156 Å². The first-order valence-electron chi connectivity index (χ1n) is 19.2. The van der Waals surface area contributed by atoms with E-state index in [1.54, 1.807) is 6.92 Å². The highest BCUT2D eigenvalue weighted by Gasteiger charge is 2.23. The van der Waals surface area contributed by atoms with Gasteiger partial charge in [0.25, 0.3) is 0 Å². The van der Waals surface area contributed by atoms with Crippen molar-refractivity contribution < 1.29 is 34.1 Å². The van der Waals surface area contributed by atoms with Crippen molar-refractivity contribution in [2.75, 3.05) is 0 Å². The number of nitrogens with two attached hydrogens (primary N) is 1. The molecule has 0 aliphatic carbocycles. The summed E-state index contributed by atoms with van der Waals surface area (Å²) in [6.45, 7) is 5.12. The summed E-state index contributed by atoms with van der Waals surface area (Å²) in [6, 6.07) is 44.0. The highest BCUT2D eigenvalue weighted by Crippen LogP contribution is 2.22. The largest absolute Gasteiger partial charge is 0.481 e. The molecule has 0 spiro atoms. The zero-order valence-corrected chi connectivity index (χ0v) is 32.7. The second-order valence-corrected chi connectivity index (χ2v) is 14.4. The number of carbonyl (C=O) groups is 4. The first-order chi connectivity index (χ1) is 27.4. The number of hydrogen-bond acceptors (Lipinski definition) is 6. The van der Waals surface area contributed by atoms with Crippen molar-refractivity contribution in [3.8, 4) is 22.3 Å². The molecule has 0 fully saturated rings. The van der Waals surface area contributed by atoms with Crippen LogP contribution in [-0.2, 0) is 38.6 Å². The number of amides is 2. The van der Waals surface area contributed by atoms with E-state index in [4.69, 9.17) is 15.6 Å². The van der Waals surface area contributed by atoms with Gasteiger partial charge < -0.3 is 31.3 Å². The van der Waals surface area contributed by atoms with E-state index in [0.29, 0.717) is 19.4 Å². The predicted molar refractivity (Wildman–Crippen MR) is 223 cm³/mol. The van der Waals surface area contributed by atoms with E-state index in [1.165, 1.54) is 23.6 Å². The van der Waals surface area contributed by atoms with Crippen molar-refractivity contribution in [2.45, 2.75) is 71.2 Å². The number of carboxylic acids is 2. The Hall–Kier alpha value is -6.26. The smallest absolute Gasteiger partial charge is 0.325 e. The Bertz CT molecular complexity index is 1990. The van der Waals surface area contributed by atoms with Crippen molar-refractivity contribution in [3.63, 3.8) is 0 Å². The lowest BCUT2D eigenvalue weighted by Crippen LogP contribution is -2.49. The van der Waals surface area contributed by atoms with E-state index in [1.807, 2.05) is 110 Å². The lowest BCUT2D eigenvalue weighted by molar-refractivity contribution is -0.149. The van der Waals surface area contributed by atoms with E-state index in [2.05, 4.69) is 47.0 Å². The van der Waals surface area contributed by atoms with Gasteiger partial charge in [-0.1, -0.05) is 153 Å². The molecule has 5 atom stereocenters. The standard InChI is InChI=1S/C25H27NO2.C22H26N2O5/c1-19(25(27)28-18-21-8-4-2-5-9-21)16-24(26)17-20-12-14-23(15-13-20)22-10-6-3-7-11-22;1-14(20(25)26)12-19(24-22(29)23-15(2)21(27)28)13-16-8-10-18(11-9-16)17-6-4-3-5-7-17/h2-15,19,24H,16-18,26H2,1H3;3-11,14-15,19H,12-13H2,1-2H3,(H,25,26)(H,27,28)(H2,23,24,29)/t19-,24+;14-,15-,19+/m11/s1. The second kappa shape index (κ2) is 22.3. The van der Waals surface area contributed by atoms with Crippen molar-refractivity contribution in [1.82, 2.24) is 10.6 Å². The van der Waals surface area contributed by atoms with Crippen LogP contribution in [0.25, 0.3) is 22.3 Å². The lowest BCUT2D eigenvalue weighted by atomic mass is 9.95. The minimum atomic E-state index is -1.15. The summed E-state index contributed by atoms with van der Waals surface area (Å²) in [5.74, 6) is -3.16. The third kappa shape index (κ3) is 15.1. The van der Waals surface area contributed by atoms with Crippen molar-refractivity contribution in [2.24, 2.45) is 17.6 Å². The molecule has 2 amide bonds. The Balaban J connectivity index is 0.000000253. The topological polar surface area (TPSA) is 168 Å². The van der Waals surface area contributed by atoms with E-state index in [-0.39, 0.29) is 24.3 Å². The van der Waals surface area contributed by atoms with Gasteiger partial charge in [-0.05, 0) is 71.6 Å². The van der Waals surface area contributed by atoms with E-state index < -0.39 is 36.0 Å². The molecule has 0 radical (unpaired) electrons. The third-order valence-corrected chi connectivity index (χ3v) is 9.50. The molecular weight excluding hydrogens is 719 g/mol. The van der Waals surface area contributed by atoms with Gasteiger partial charge in [-0.15, -0.1) is 0 Å². The van der Waals surface area contributed by atoms with Crippen LogP contribution in [0, 0.1) is 11.8 Å². The van der Waals surface area contributed by atoms with Gasteiger partial charge in [0.2, 0.25) is 0 Å². The van der Waals surface area contributed by atoms with Gasteiger partial charge in [-0.3, -0.25) is 14.4 Å². The van der Waals surface area contributed by atoms with Gasteiger partial charge in [0.05, 0.1) is 11.8 Å². The van der Waals surface area contributed by atoms with Gasteiger partial charge in [0, 0.05) is 12.1 Å². The number of urea groups is 1. The molecular formula is C47H53N3O7. The van der Waals surface area contributed by atoms with E-state index in [0.717, 1.165) is 28.7 Å². The normalized spacial score (nSPS) is 13.3. The van der Waals surface area contributed by atoms with Gasteiger partial charge in [-0.25, -0.2) is 4.79 Å². The van der Waals surface area contributed by atoms with Gasteiger partial charge in [-0.2, -0.15) is 0 Å². The number of hydrogen-bond donors (Lipinski definition) is 5. The molecule has 0 aromatic heterocycles. The van der Waals surface area contributed by atoms with Crippen LogP contribution in [0.4, 0.5) is 4.79 Å². The maximum atomic E-state index is 12.2. The minimum Gasteiger partial charge on any atom is -0.481 e. The molecule has 5 rings (SSSR count). The molecule has 10 nitrogen and oxygen atoms in total. The highest BCUT2D eigenvalue weighted by molar-refractivity contribution is 5.82. The van der Waals surface area contributed by atoms with Crippen LogP contribution in [0.2, 0.25) is 0 Å². The number of nitrogens with one attached hydrogen (secondary N) is 2. The monoisotopic (exact) mass is 771 g/mol. The molecule has 6 N–H and O–H groups in total. The lowest BCUT2D eigenvalue weighted by Gasteiger charge is -2.22. The van der Waals surface area contributed by atoms with Crippen LogP contribution in [-0.4, -0.2) is 52.3 Å². The Morgan fingerprint density at radius 2 is 1.00 bits per heavy atom. The summed E-state index contributed by atoms with van der Waals surface area (Å²) in [5.41, 5.74) is 14.0. The number of carboxylic acid groups (broad SMARTS) is 2. The van der Waals surface area contributed by atoms with Crippen LogP contribution in [0.3, 0.4) is 0 Å². The Labute approximate surface area is 335 Å². The average molecular weight is 772 g/mol. The molecule has 0 saturated carbocycles. The summed E-state index contributed by atoms with van der Waals surface area (Å²) >= 11 is 0. The fourth-order valence-corrected chi connectivity index (χ4v) is 6.23. The Morgan fingerprint density at radius 1 is 0.544 bits per heavy atom. The number of ether oxygens (including phenoxy) is 1.